The summed E-state index contributed by atoms with van der Waals surface area (Å²) in [4.78, 5) is 8.50. The molecule has 0 saturated heterocycles. The van der Waals surface area contributed by atoms with Gasteiger partial charge in [-0.05, 0) is 28.8 Å². The van der Waals surface area contributed by atoms with Gasteiger partial charge in [0, 0.05) is 30.5 Å². The van der Waals surface area contributed by atoms with Crippen molar-refractivity contribution < 1.29 is 0 Å². The summed E-state index contributed by atoms with van der Waals surface area (Å²) in [7, 11) is 0. The molecule has 2 aromatic carbocycles. The number of hydrogen-bond donors (Lipinski definition) is 1. The smallest absolute Gasteiger partial charge is 0.103 e. The summed E-state index contributed by atoms with van der Waals surface area (Å²) in [5.74, 6) is 0. The minimum absolute atomic E-state index is 0.552. The van der Waals surface area contributed by atoms with Crippen molar-refractivity contribution in [2.45, 2.75) is 6.54 Å². The van der Waals surface area contributed by atoms with Crippen LogP contribution in [0.4, 0.5) is 5.69 Å². The van der Waals surface area contributed by atoms with Crippen LogP contribution in [-0.2, 0) is 6.54 Å². The standard InChI is InChI=1S/C22H16N4/c23-12-19-15-25-21-6-2-1-5-20(21)22(19)26-13-16-7-9-17(10-8-16)18-4-3-11-24-14-18/h1-11,14-15H,13H2,(H,25,26). The zero-order valence-corrected chi connectivity index (χ0v) is 14.1. The van der Waals surface area contributed by atoms with Crippen LogP contribution in [0.1, 0.15) is 11.1 Å². The third-order valence-electron chi connectivity index (χ3n) is 4.31. The second-order valence-electron chi connectivity index (χ2n) is 5.97. The SMILES string of the molecule is N#Cc1cnc2ccccc2c1NCc1ccc(-c2cccnc2)cc1. The van der Waals surface area contributed by atoms with Crippen LogP contribution in [0.5, 0.6) is 0 Å². The monoisotopic (exact) mass is 336 g/mol. The Morgan fingerprint density at radius 1 is 0.885 bits per heavy atom. The van der Waals surface area contributed by atoms with Gasteiger partial charge in [0.1, 0.15) is 6.07 Å². The molecule has 4 heteroatoms. The molecule has 0 spiro atoms. The molecule has 4 rings (SSSR count). The van der Waals surface area contributed by atoms with Crippen LogP contribution in [-0.4, -0.2) is 9.97 Å². The summed E-state index contributed by atoms with van der Waals surface area (Å²) in [5, 5.41) is 13.8. The average Bonchev–Trinajstić information content (AvgIpc) is 2.73. The highest BCUT2D eigenvalue weighted by Crippen LogP contribution is 2.26. The first-order chi connectivity index (χ1) is 12.8. The van der Waals surface area contributed by atoms with Crippen LogP contribution < -0.4 is 5.32 Å². The van der Waals surface area contributed by atoms with Crippen molar-refractivity contribution in [1.29, 1.82) is 5.26 Å². The average molecular weight is 336 g/mol. The molecule has 0 unspecified atom stereocenters. The van der Waals surface area contributed by atoms with Crippen LogP contribution >= 0.6 is 0 Å². The van der Waals surface area contributed by atoms with Gasteiger partial charge >= 0.3 is 0 Å². The number of nitrogens with one attached hydrogen (secondary N) is 1. The van der Waals surface area contributed by atoms with E-state index in [-0.39, 0.29) is 0 Å². The first kappa shape index (κ1) is 15.8. The van der Waals surface area contributed by atoms with Crippen molar-refractivity contribution >= 4 is 16.6 Å². The predicted octanol–water partition coefficient (Wildman–Crippen LogP) is 4.78. The van der Waals surface area contributed by atoms with Gasteiger partial charge in [-0.1, -0.05) is 48.5 Å². The molecule has 0 aliphatic carbocycles. The lowest BCUT2D eigenvalue weighted by Gasteiger charge is -2.12. The van der Waals surface area contributed by atoms with E-state index in [0.29, 0.717) is 12.1 Å². The number of para-hydroxylation sites is 1. The maximum Gasteiger partial charge on any atom is 0.103 e. The number of aromatic nitrogens is 2. The Kier molecular flexibility index (Phi) is 4.28. The molecule has 0 aliphatic heterocycles. The quantitative estimate of drug-likeness (QED) is 0.582. The summed E-state index contributed by atoms with van der Waals surface area (Å²) >= 11 is 0. The normalized spacial score (nSPS) is 10.4. The van der Waals surface area contributed by atoms with Gasteiger partial charge in [-0.2, -0.15) is 5.26 Å². The van der Waals surface area contributed by atoms with Gasteiger partial charge in [-0.3, -0.25) is 9.97 Å². The van der Waals surface area contributed by atoms with Crippen molar-refractivity contribution in [3.8, 4) is 17.2 Å². The van der Waals surface area contributed by atoms with E-state index < -0.39 is 0 Å². The van der Waals surface area contributed by atoms with Crippen LogP contribution in [0.3, 0.4) is 0 Å². The minimum Gasteiger partial charge on any atom is -0.379 e. The molecule has 0 fully saturated rings. The van der Waals surface area contributed by atoms with E-state index in [1.54, 1.807) is 12.4 Å². The third-order valence-corrected chi connectivity index (χ3v) is 4.31. The fraction of sp³-hybridized carbons (Fsp3) is 0.0455. The van der Waals surface area contributed by atoms with Gasteiger partial charge in [-0.15, -0.1) is 0 Å². The third kappa shape index (κ3) is 3.11. The number of pyridine rings is 2. The molecule has 26 heavy (non-hydrogen) atoms. The largest absolute Gasteiger partial charge is 0.379 e. The zero-order valence-electron chi connectivity index (χ0n) is 14.1. The van der Waals surface area contributed by atoms with Gasteiger partial charge in [0.05, 0.1) is 16.8 Å². The Balaban J connectivity index is 1.58. The fourth-order valence-corrected chi connectivity index (χ4v) is 2.96. The molecule has 4 aromatic rings. The highest BCUT2D eigenvalue weighted by Gasteiger charge is 2.08. The first-order valence-electron chi connectivity index (χ1n) is 8.36. The van der Waals surface area contributed by atoms with Gasteiger partial charge in [0.15, 0.2) is 0 Å². The second-order valence-corrected chi connectivity index (χ2v) is 5.97. The summed E-state index contributed by atoms with van der Waals surface area (Å²) in [5.41, 5.74) is 5.63. The number of nitriles is 1. The molecular weight excluding hydrogens is 320 g/mol. The summed E-state index contributed by atoms with van der Waals surface area (Å²) < 4.78 is 0. The maximum absolute atomic E-state index is 9.40. The highest BCUT2D eigenvalue weighted by atomic mass is 14.9. The van der Waals surface area contributed by atoms with Crippen molar-refractivity contribution in [2.24, 2.45) is 0 Å². The molecule has 1 N–H and O–H groups in total. The van der Waals surface area contributed by atoms with Crippen molar-refractivity contribution in [3.05, 3.63) is 90.4 Å². The lowest BCUT2D eigenvalue weighted by molar-refractivity contribution is 1.15. The van der Waals surface area contributed by atoms with Gasteiger partial charge < -0.3 is 5.32 Å². The second kappa shape index (κ2) is 7.04. The molecule has 0 atom stereocenters. The highest BCUT2D eigenvalue weighted by molar-refractivity contribution is 5.93. The van der Waals surface area contributed by atoms with Crippen LogP contribution in [0, 0.1) is 11.3 Å². The van der Waals surface area contributed by atoms with Crippen molar-refractivity contribution in [2.75, 3.05) is 5.32 Å². The molecular formula is C22H16N4. The lowest BCUT2D eigenvalue weighted by atomic mass is 10.1. The molecule has 0 amide bonds. The Morgan fingerprint density at radius 2 is 1.73 bits per heavy atom. The van der Waals surface area contributed by atoms with E-state index in [1.807, 2.05) is 42.6 Å². The number of nitrogens with zero attached hydrogens (tertiary/aromatic N) is 3. The molecule has 2 aromatic heterocycles. The Bertz CT molecular complexity index is 1080. The fourth-order valence-electron chi connectivity index (χ4n) is 2.96. The molecule has 0 saturated carbocycles. The van der Waals surface area contributed by atoms with Gasteiger partial charge in [0.2, 0.25) is 0 Å². The summed E-state index contributed by atoms with van der Waals surface area (Å²) in [6.45, 7) is 0.635. The molecule has 0 radical (unpaired) electrons. The molecule has 2 heterocycles. The number of benzene rings is 2. The van der Waals surface area contributed by atoms with Crippen LogP contribution in [0.25, 0.3) is 22.0 Å². The van der Waals surface area contributed by atoms with Crippen molar-refractivity contribution in [1.82, 2.24) is 9.97 Å². The molecule has 4 nitrogen and oxygen atoms in total. The molecule has 0 bridgehead atoms. The number of fused-ring (bicyclic) bond motifs is 1. The zero-order chi connectivity index (χ0) is 17.8. The van der Waals surface area contributed by atoms with E-state index in [1.165, 1.54) is 0 Å². The van der Waals surface area contributed by atoms with Crippen LogP contribution in [0.2, 0.25) is 0 Å². The Hall–Kier alpha value is -3.71. The molecule has 0 aliphatic rings. The van der Waals surface area contributed by atoms with E-state index >= 15 is 0 Å². The Labute approximate surface area is 151 Å². The van der Waals surface area contributed by atoms with Crippen molar-refractivity contribution in [3.63, 3.8) is 0 Å². The van der Waals surface area contributed by atoms with Crippen LogP contribution in [0.15, 0.2) is 79.3 Å². The summed E-state index contributed by atoms with van der Waals surface area (Å²) in [6, 6.07) is 22.4. The number of hydrogen-bond acceptors (Lipinski definition) is 4. The Morgan fingerprint density at radius 3 is 2.50 bits per heavy atom. The van der Waals surface area contributed by atoms with E-state index in [2.05, 4.69) is 45.6 Å². The topological polar surface area (TPSA) is 61.6 Å². The number of anilines is 1. The summed E-state index contributed by atoms with van der Waals surface area (Å²) in [6.07, 6.45) is 5.25. The minimum atomic E-state index is 0.552. The lowest BCUT2D eigenvalue weighted by Crippen LogP contribution is -2.03. The first-order valence-corrected chi connectivity index (χ1v) is 8.36. The van der Waals surface area contributed by atoms with E-state index in [9.17, 15) is 5.26 Å². The molecule has 124 valence electrons. The van der Waals surface area contributed by atoms with Gasteiger partial charge in [0.25, 0.3) is 0 Å². The van der Waals surface area contributed by atoms with E-state index in [4.69, 9.17) is 0 Å². The van der Waals surface area contributed by atoms with E-state index in [0.717, 1.165) is 33.3 Å². The number of rotatable bonds is 4. The predicted molar refractivity (Wildman–Crippen MR) is 103 cm³/mol. The maximum atomic E-state index is 9.40. The van der Waals surface area contributed by atoms with Gasteiger partial charge in [-0.25, -0.2) is 0 Å².